The van der Waals surface area contributed by atoms with Crippen LogP contribution in [0.3, 0.4) is 0 Å². The number of hydrogen-bond donors (Lipinski definition) is 2. The maximum Gasteiger partial charge on any atom is 0.351 e. The zero-order chi connectivity index (χ0) is 14.2. The van der Waals surface area contributed by atoms with Crippen molar-refractivity contribution in [2.75, 3.05) is 12.3 Å². The number of ether oxygens (including phenoxy) is 1. The highest BCUT2D eigenvalue weighted by Gasteiger charge is 2.42. The van der Waals surface area contributed by atoms with Crippen LogP contribution in [0.5, 0.6) is 0 Å². The first-order valence-corrected chi connectivity index (χ1v) is 6.32. The van der Waals surface area contributed by atoms with Gasteiger partial charge in [0.15, 0.2) is 12.4 Å². The molecule has 0 radical (unpaired) electrons. The molecule has 1 aliphatic heterocycles. The largest absolute Gasteiger partial charge is 0.393 e. The predicted molar refractivity (Wildman–Crippen MR) is 70.7 cm³/mol. The van der Waals surface area contributed by atoms with Gasteiger partial charge in [0.25, 0.3) is 0 Å². The zero-order valence-electron chi connectivity index (χ0n) is 9.46. The molecule has 1 saturated heterocycles. The quantitative estimate of drug-likeness (QED) is 0.725. The van der Waals surface area contributed by atoms with E-state index >= 15 is 0 Å². The van der Waals surface area contributed by atoms with Gasteiger partial charge in [0.2, 0.25) is 0 Å². The summed E-state index contributed by atoms with van der Waals surface area (Å²) in [5.74, 6) is 0.0234. The summed E-state index contributed by atoms with van der Waals surface area (Å²) < 4.78 is 33.1. The van der Waals surface area contributed by atoms with E-state index in [0.29, 0.717) is 3.57 Å². The fourth-order valence-electron chi connectivity index (χ4n) is 1.78. The molecule has 104 valence electrons. The first kappa shape index (κ1) is 14.3. The Kier molecular flexibility index (Phi) is 4.16. The van der Waals surface area contributed by atoms with E-state index < -0.39 is 30.8 Å². The molecule has 0 spiro atoms. The van der Waals surface area contributed by atoms with E-state index in [1.807, 2.05) is 22.6 Å². The number of nitrogen functional groups attached to an aromatic ring is 1. The Balaban J connectivity index is 2.44. The average Bonchev–Trinajstić information content (AvgIpc) is 2.70. The van der Waals surface area contributed by atoms with E-state index in [1.165, 1.54) is 6.20 Å². The molecule has 1 fully saturated rings. The highest BCUT2D eigenvalue weighted by Crippen LogP contribution is 2.35. The predicted octanol–water partition coefficient (Wildman–Crippen LogP) is 0.511. The summed E-state index contributed by atoms with van der Waals surface area (Å²) in [6.45, 7) is -0.582. The topological polar surface area (TPSA) is 90.4 Å². The summed E-state index contributed by atoms with van der Waals surface area (Å²) in [6.07, 6.45) is -3.04. The smallest absolute Gasteiger partial charge is 0.351 e. The van der Waals surface area contributed by atoms with Crippen LogP contribution in [0.4, 0.5) is 14.6 Å². The third-order valence-corrected chi connectivity index (χ3v) is 3.58. The fraction of sp³-hybridized carbons (Fsp3) is 0.400. The molecule has 6 nitrogen and oxygen atoms in total. The lowest BCUT2D eigenvalue weighted by atomic mass is 10.1. The average molecular weight is 385 g/mol. The molecule has 3 unspecified atom stereocenters. The van der Waals surface area contributed by atoms with Crippen molar-refractivity contribution in [3.8, 4) is 0 Å². The highest BCUT2D eigenvalue weighted by molar-refractivity contribution is 14.1. The van der Waals surface area contributed by atoms with Gasteiger partial charge in [-0.25, -0.2) is 13.6 Å². The molecule has 1 aliphatic rings. The SMILES string of the molecule is Nc1nc(=O)n(C2OC(CO)/C(=C/F)C2F)cc1I. The first-order valence-electron chi connectivity index (χ1n) is 5.24. The van der Waals surface area contributed by atoms with E-state index in [4.69, 9.17) is 15.6 Å². The number of anilines is 1. The summed E-state index contributed by atoms with van der Waals surface area (Å²) in [5.41, 5.74) is 4.31. The number of alkyl halides is 1. The molecule has 0 saturated carbocycles. The number of aliphatic hydroxyl groups excluding tert-OH is 1. The standard InChI is InChI=1S/C10H10F2IN3O3/c11-1-4-6(3-17)19-9(7(4)12)16-2-5(13)8(14)15-10(16)18/h1-2,6-7,9,17H,3H2,(H2,14,15,18)/b4-1-. The molecule has 9 heteroatoms. The van der Waals surface area contributed by atoms with Gasteiger partial charge >= 0.3 is 5.69 Å². The lowest BCUT2D eigenvalue weighted by Crippen LogP contribution is -2.31. The van der Waals surface area contributed by atoms with E-state index in [1.54, 1.807) is 0 Å². The molecule has 2 rings (SSSR count). The van der Waals surface area contributed by atoms with E-state index in [-0.39, 0.29) is 17.7 Å². The molecular formula is C10H10F2IN3O3. The number of aromatic nitrogens is 2. The summed E-state index contributed by atoms with van der Waals surface area (Å²) in [4.78, 5) is 15.2. The molecule has 0 bridgehead atoms. The van der Waals surface area contributed by atoms with Crippen molar-refractivity contribution >= 4 is 28.4 Å². The molecular weight excluding hydrogens is 375 g/mol. The van der Waals surface area contributed by atoms with Gasteiger partial charge in [0, 0.05) is 11.8 Å². The van der Waals surface area contributed by atoms with E-state index in [0.717, 1.165) is 4.57 Å². The lowest BCUT2D eigenvalue weighted by Gasteiger charge is -2.16. The summed E-state index contributed by atoms with van der Waals surface area (Å²) >= 11 is 1.83. The van der Waals surface area contributed by atoms with Crippen LogP contribution in [-0.4, -0.2) is 33.5 Å². The van der Waals surface area contributed by atoms with Crippen molar-refractivity contribution in [2.45, 2.75) is 18.5 Å². The van der Waals surface area contributed by atoms with Gasteiger partial charge in [-0.05, 0) is 22.6 Å². The maximum atomic E-state index is 14.0. The van der Waals surface area contributed by atoms with Crippen LogP contribution in [-0.2, 0) is 4.74 Å². The van der Waals surface area contributed by atoms with E-state index in [9.17, 15) is 13.6 Å². The second-order valence-electron chi connectivity index (χ2n) is 3.87. The third kappa shape index (κ3) is 2.49. The molecule has 0 aliphatic carbocycles. The van der Waals surface area contributed by atoms with Crippen molar-refractivity contribution in [3.05, 3.63) is 32.2 Å². The minimum atomic E-state index is -1.87. The third-order valence-electron chi connectivity index (χ3n) is 2.74. The number of aliphatic hydroxyl groups is 1. The van der Waals surface area contributed by atoms with Gasteiger partial charge in [-0.3, -0.25) is 4.57 Å². The van der Waals surface area contributed by atoms with Gasteiger partial charge in [-0.15, -0.1) is 0 Å². The molecule has 2 heterocycles. The summed E-state index contributed by atoms with van der Waals surface area (Å²) in [5, 5.41) is 8.99. The lowest BCUT2D eigenvalue weighted by molar-refractivity contribution is -0.0376. The molecule has 3 N–H and O–H groups in total. The Hall–Kier alpha value is -1.07. The van der Waals surface area contributed by atoms with Crippen LogP contribution in [0.2, 0.25) is 0 Å². The Morgan fingerprint density at radius 2 is 2.37 bits per heavy atom. The molecule has 19 heavy (non-hydrogen) atoms. The second-order valence-corrected chi connectivity index (χ2v) is 5.03. The molecule has 1 aromatic rings. The van der Waals surface area contributed by atoms with E-state index in [2.05, 4.69) is 4.98 Å². The van der Waals surface area contributed by atoms with Crippen molar-refractivity contribution in [3.63, 3.8) is 0 Å². The van der Waals surface area contributed by atoms with Gasteiger partial charge in [0.1, 0.15) is 11.9 Å². The van der Waals surface area contributed by atoms with Crippen molar-refractivity contribution in [2.24, 2.45) is 0 Å². The monoisotopic (exact) mass is 385 g/mol. The van der Waals surface area contributed by atoms with Crippen molar-refractivity contribution in [1.82, 2.24) is 9.55 Å². The van der Waals surface area contributed by atoms with Crippen LogP contribution < -0.4 is 11.4 Å². The Labute approximate surface area is 120 Å². The number of rotatable bonds is 2. The van der Waals surface area contributed by atoms with Crippen LogP contribution in [0, 0.1) is 3.57 Å². The van der Waals surface area contributed by atoms with Crippen LogP contribution >= 0.6 is 22.6 Å². The minimum absolute atomic E-state index is 0.0234. The normalized spacial score (nSPS) is 29.1. The Morgan fingerprint density at radius 3 is 2.89 bits per heavy atom. The second kappa shape index (κ2) is 5.51. The minimum Gasteiger partial charge on any atom is -0.393 e. The van der Waals surface area contributed by atoms with Gasteiger partial charge < -0.3 is 15.6 Å². The molecule has 0 amide bonds. The molecule has 0 aromatic carbocycles. The number of hydrogen-bond acceptors (Lipinski definition) is 5. The number of halogens is 3. The van der Waals surface area contributed by atoms with Crippen LogP contribution in [0.15, 0.2) is 22.9 Å². The highest BCUT2D eigenvalue weighted by atomic mass is 127. The Bertz CT molecular complexity index is 578. The van der Waals surface area contributed by atoms with Crippen LogP contribution in [0.25, 0.3) is 0 Å². The molecule has 1 aromatic heterocycles. The Morgan fingerprint density at radius 1 is 1.68 bits per heavy atom. The summed E-state index contributed by atoms with van der Waals surface area (Å²) in [6, 6.07) is 0. The fourth-order valence-corrected chi connectivity index (χ4v) is 2.20. The number of nitrogens with two attached hydrogens (primary N) is 1. The van der Waals surface area contributed by atoms with Gasteiger partial charge in [0.05, 0.1) is 16.5 Å². The zero-order valence-corrected chi connectivity index (χ0v) is 11.6. The van der Waals surface area contributed by atoms with Gasteiger partial charge in [-0.2, -0.15) is 4.98 Å². The van der Waals surface area contributed by atoms with Gasteiger partial charge in [-0.1, -0.05) is 0 Å². The first-order chi connectivity index (χ1) is 8.99. The van der Waals surface area contributed by atoms with Crippen molar-refractivity contribution < 1.29 is 18.6 Å². The van der Waals surface area contributed by atoms with Crippen molar-refractivity contribution in [1.29, 1.82) is 0 Å². The molecule has 3 atom stereocenters. The summed E-state index contributed by atoms with van der Waals surface area (Å²) in [7, 11) is 0. The van der Waals surface area contributed by atoms with Crippen LogP contribution in [0.1, 0.15) is 6.23 Å². The maximum absolute atomic E-state index is 14.0. The number of nitrogens with zero attached hydrogens (tertiary/aromatic N) is 2.